The molecule has 1 rings (SSSR count). The Hall–Kier alpha value is 0.0439. The van der Waals surface area contributed by atoms with Gasteiger partial charge in [-0.2, -0.15) is 0 Å². The average Bonchev–Trinajstić information content (AvgIpc) is 1.90. The van der Waals surface area contributed by atoms with Crippen molar-refractivity contribution in [3.63, 3.8) is 0 Å². The van der Waals surface area contributed by atoms with Crippen LogP contribution < -0.4 is 0 Å². The first-order chi connectivity index (χ1) is 4.30. The van der Waals surface area contributed by atoms with Gasteiger partial charge in [-0.25, -0.2) is 0 Å². The van der Waals surface area contributed by atoms with E-state index >= 15 is 0 Å². The molecule has 0 N–H and O–H groups in total. The molecule has 1 heterocycles. The first kappa shape index (κ1) is 13.6. The van der Waals surface area contributed by atoms with E-state index in [9.17, 15) is 0 Å². The number of hydrogen-bond acceptors (Lipinski definition) is 4. The minimum atomic E-state index is 0. The summed E-state index contributed by atoms with van der Waals surface area (Å²) in [5.41, 5.74) is 0. The van der Waals surface area contributed by atoms with Gasteiger partial charge in [0.25, 0.3) is 0 Å². The molecule has 0 saturated heterocycles. The second-order valence-electron chi connectivity index (χ2n) is 2.06. The minimum absolute atomic E-state index is 0. The summed E-state index contributed by atoms with van der Waals surface area (Å²) in [5.74, 6) is 1.00. The Kier molecular flexibility index (Phi) is 8.34. The fraction of sp³-hybridized carbons (Fsp3) is 0.500. The van der Waals surface area contributed by atoms with Crippen LogP contribution in [0.15, 0.2) is 6.33 Å². The third-order valence-corrected chi connectivity index (χ3v) is 0.940. The molecule has 0 aromatic carbocycles. The van der Waals surface area contributed by atoms with Crippen LogP contribution in [0.4, 0.5) is 0 Å². The van der Waals surface area contributed by atoms with Crippen molar-refractivity contribution in [2.24, 2.45) is 0 Å². The summed E-state index contributed by atoms with van der Waals surface area (Å²) in [4.78, 5) is 0. The number of hydrogen-bond donors (Lipinski definition) is 0. The van der Waals surface area contributed by atoms with Crippen molar-refractivity contribution in [2.75, 3.05) is 0 Å². The van der Waals surface area contributed by atoms with Crippen LogP contribution in [0.2, 0.25) is 0 Å². The van der Waals surface area contributed by atoms with Crippen LogP contribution in [-0.4, -0.2) is 20.4 Å². The molecule has 0 bridgehead atoms. The predicted octanol–water partition coefficient (Wildman–Crippen LogP) is 0.838. The van der Waals surface area contributed by atoms with E-state index in [0.717, 1.165) is 0 Å². The number of nitrogens with zero attached hydrogens (tertiary/aromatic N) is 4. The maximum Gasteiger partial charge on any atom is 0.176 e. The van der Waals surface area contributed by atoms with Crippen LogP contribution in [0, 0.1) is 7.43 Å². The van der Waals surface area contributed by atoms with E-state index in [1.165, 1.54) is 6.33 Å². The molecule has 0 fully saturated rings. The molecule has 0 unspecified atom stereocenters. The van der Waals surface area contributed by atoms with Crippen molar-refractivity contribution in [2.45, 2.75) is 19.8 Å². The van der Waals surface area contributed by atoms with E-state index in [4.69, 9.17) is 0 Å². The molecule has 0 atom stereocenters. The molecule has 59 valence electrons. The van der Waals surface area contributed by atoms with Crippen molar-refractivity contribution in [3.05, 3.63) is 19.6 Å². The van der Waals surface area contributed by atoms with Gasteiger partial charge in [0.15, 0.2) is 12.2 Å². The summed E-state index contributed by atoms with van der Waals surface area (Å²) < 4.78 is 0. The third-order valence-electron chi connectivity index (χ3n) is 0.940. The first-order valence-corrected chi connectivity index (χ1v) is 2.81. The van der Waals surface area contributed by atoms with E-state index in [-0.39, 0.29) is 40.1 Å². The molecule has 0 aliphatic heterocycles. The fourth-order valence-electron chi connectivity index (χ4n) is 0.444. The Balaban J connectivity index is 0. The maximum atomic E-state index is 3.75. The first-order valence-electron chi connectivity index (χ1n) is 2.81. The third kappa shape index (κ3) is 4.48. The van der Waals surface area contributed by atoms with Crippen molar-refractivity contribution in [1.82, 2.24) is 20.4 Å². The quantitative estimate of drug-likeness (QED) is 0.668. The Morgan fingerprint density at radius 1 is 1.18 bits per heavy atom. The van der Waals surface area contributed by atoms with Gasteiger partial charge in [0.1, 0.15) is 0 Å². The van der Waals surface area contributed by atoms with E-state index < -0.39 is 0 Å². The minimum Gasteiger partial charge on any atom is -0.358 e. The van der Waals surface area contributed by atoms with Gasteiger partial charge in [-0.3, -0.25) is 0 Å². The number of aromatic nitrogens is 4. The second-order valence-corrected chi connectivity index (χ2v) is 2.06. The molecular formula is C6H11N4Y-. The van der Waals surface area contributed by atoms with Crippen LogP contribution in [0.1, 0.15) is 25.6 Å². The van der Waals surface area contributed by atoms with Crippen LogP contribution >= 0.6 is 0 Å². The zero-order valence-corrected chi connectivity index (χ0v) is 9.86. The smallest absolute Gasteiger partial charge is 0.176 e. The molecule has 0 spiro atoms. The van der Waals surface area contributed by atoms with E-state index in [0.29, 0.717) is 11.7 Å². The van der Waals surface area contributed by atoms with Gasteiger partial charge in [-0.1, -0.05) is 13.8 Å². The molecule has 0 saturated carbocycles. The maximum absolute atomic E-state index is 3.75. The van der Waals surface area contributed by atoms with E-state index in [2.05, 4.69) is 20.4 Å². The molecule has 11 heavy (non-hydrogen) atoms. The molecule has 1 radical (unpaired) electrons. The standard InChI is InChI=1S/C5H8N4.CH3.Y/c1-4(2)5-8-6-3-7-9-5;;/h3-4H,1-2H3;1H3;/q;-1;. The van der Waals surface area contributed by atoms with Gasteiger partial charge in [0.2, 0.25) is 0 Å². The predicted molar refractivity (Wildman–Crippen MR) is 38.1 cm³/mol. The molecule has 1 aromatic rings. The Morgan fingerprint density at radius 2 is 1.64 bits per heavy atom. The van der Waals surface area contributed by atoms with Crippen LogP contribution in [-0.2, 0) is 32.7 Å². The molecule has 4 nitrogen and oxygen atoms in total. The second kappa shape index (κ2) is 6.74. The van der Waals surface area contributed by atoms with Gasteiger partial charge in [0, 0.05) is 38.6 Å². The van der Waals surface area contributed by atoms with Gasteiger partial charge >= 0.3 is 0 Å². The van der Waals surface area contributed by atoms with Gasteiger partial charge in [-0.05, 0) is 0 Å². The average molecular weight is 228 g/mol. The summed E-state index contributed by atoms with van der Waals surface area (Å²) in [7, 11) is 0. The fourth-order valence-corrected chi connectivity index (χ4v) is 0.444. The zero-order valence-electron chi connectivity index (χ0n) is 7.02. The normalized spacial score (nSPS) is 8.27. The molecule has 5 heteroatoms. The zero-order chi connectivity index (χ0) is 6.69. The van der Waals surface area contributed by atoms with E-state index in [1.807, 2.05) is 13.8 Å². The summed E-state index contributed by atoms with van der Waals surface area (Å²) in [5, 5.41) is 14.7. The SMILES string of the molecule is CC(C)c1nncnn1.[CH3-].[Y]. The Bertz CT molecular complexity index is 177. The van der Waals surface area contributed by atoms with Gasteiger partial charge < -0.3 is 7.43 Å². The largest absolute Gasteiger partial charge is 0.358 e. The van der Waals surface area contributed by atoms with Crippen molar-refractivity contribution in [1.29, 1.82) is 0 Å². The van der Waals surface area contributed by atoms with Crippen molar-refractivity contribution in [3.8, 4) is 0 Å². The van der Waals surface area contributed by atoms with Gasteiger partial charge in [0.05, 0.1) is 0 Å². The number of rotatable bonds is 1. The van der Waals surface area contributed by atoms with Gasteiger partial charge in [-0.15, -0.1) is 20.4 Å². The summed E-state index contributed by atoms with van der Waals surface area (Å²) in [6.07, 6.45) is 1.33. The van der Waals surface area contributed by atoms with Crippen molar-refractivity contribution >= 4 is 0 Å². The summed E-state index contributed by atoms with van der Waals surface area (Å²) >= 11 is 0. The molecular weight excluding hydrogens is 217 g/mol. The van der Waals surface area contributed by atoms with Crippen molar-refractivity contribution < 1.29 is 32.7 Å². The topological polar surface area (TPSA) is 51.6 Å². The molecule has 0 aliphatic carbocycles. The van der Waals surface area contributed by atoms with Crippen LogP contribution in [0.25, 0.3) is 0 Å². The molecule has 1 aromatic heterocycles. The van der Waals surface area contributed by atoms with Crippen LogP contribution in [0.3, 0.4) is 0 Å². The Morgan fingerprint density at radius 3 is 1.91 bits per heavy atom. The summed E-state index contributed by atoms with van der Waals surface area (Å²) in [6, 6.07) is 0. The monoisotopic (exact) mass is 228 g/mol. The van der Waals surface area contributed by atoms with E-state index in [1.54, 1.807) is 0 Å². The summed E-state index contributed by atoms with van der Waals surface area (Å²) in [6.45, 7) is 4.00. The van der Waals surface area contributed by atoms with Crippen LogP contribution in [0.5, 0.6) is 0 Å². The molecule has 0 aliphatic rings. The Labute approximate surface area is 92.1 Å². The molecule has 0 amide bonds.